The molecule has 0 bridgehead atoms. The van der Waals surface area contributed by atoms with Crippen LogP contribution in [-0.2, 0) is 10.9 Å². The topological polar surface area (TPSA) is 29.3 Å². The number of methoxy groups -OCH3 is 1. The molecule has 3 nitrogen and oxygen atoms in total. The van der Waals surface area contributed by atoms with Crippen LogP contribution in [0.4, 0.5) is 18.9 Å². The first-order valence-corrected chi connectivity index (χ1v) is 5.58. The van der Waals surface area contributed by atoms with E-state index in [0.717, 1.165) is 18.2 Å². The van der Waals surface area contributed by atoms with Gasteiger partial charge in [-0.2, -0.15) is 13.2 Å². The molecule has 1 aromatic carbocycles. The molecule has 0 N–H and O–H groups in total. The normalized spacial score (nSPS) is 14.7. The number of rotatable bonds is 2. The third-order valence-electron chi connectivity index (χ3n) is 2.26. The molecule has 1 aliphatic rings. The molecule has 7 heteroatoms. The lowest BCUT2D eigenvalue weighted by Crippen LogP contribution is -2.10. The van der Waals surface area contributed by atoms with Gasteiger partial charge in [0.25, 0.3) is 0 Å². The van der Waals surface area contributed by atoms with Crippen molar-refractivity contribution in [1.29, 1.82) is 0 Å². The van der Waals surface area contributed by atoms with Crippen molar-refractivity contribution >= 4 is 23.6 Å². The summed E-state index contributed by atoms with van der Waals surface area (Å²) in [6, 6.07) is 2.99. The van der Waals surface area contributed by atoms with E-state index in [9.17, 15) is 18.0 Å². The first kappa shape index (κ1) is 12.1. The van der Waals surface area contributed by atoms with E-state index in [2.05, 4.69) is 4.74 Å². The molecule has 0 spiro atoms. The largest absolute Gasteiger partial charge is 0.465 e. The maximum atomic E-state index is 12.5. The molecule has 1 aliphatic heterocycles. The minimum atomic E-state index is -4.41. The Hall–Kier alpha value is -1.37. The van der Waals surface area contributed by atoms with Crippen molar-refractivity contribution in [3.8, 4) is 0 Å². The van der Waals surface area contributed by atoms with E-state index in [1.54, 1.807) is 4.31 Å². The summed E-state index contributed by atoms with van der Waals surface area (Å²) in [7, 11) is 1.19. The highest BCUT2D eigenvalue weighted by atomic mass is 32.2. The molecular weight excluding hydrogens is 255 g/mol. The highest BCUT2D eigenvalue weighted by molar-refractivity contribution is 8.07. The van der Waals surface area contributed by atoms with Gasteiger partial charge >= 0.3 is 12.1 Å². The lowest BCUT2D eigenvalue weighted by atomic mass is 10.1. The highest BCUT2D eigenvalue weighted by Gasteiger charge is 2.34. The average molecular weight is 263 g/mol. The van der Waals surface area contributed by atoms with Gasteiger partial charge in [0.15, 0.2) is 0 Å². The molecule has 0 atom stereocenters. The van der Waals surface area contributed by atoms with Crippen molar-refractivity contribution in [2.75, 3.05) is 17.3 Å². The SMILES string of the molecule is COC(=O)c1ccc(C(F)(F)F)cc1N1CS1. The molecule has 1 fully saturated rings. The van der Waals surface area contributed by atoms with E-state index < -0.39 is 17.7 Å². The Bertz CT molecular complexity index is 457. The standard InChI is InChI=1S/C10H8F3NO2S/c1-16-9(15)7-3-2-6(10(11,12)13)4-8(7)14-5-17-14/h2-4H,5H2,1H3. The minimum Gasteiger partial charge on any atom is -0.465 e. The zero-order valence-electron chi connectivity index (χ0n) is 8.75. The molecule has 17 heavy (non-hydrogen) atoms. The van der Waals surface area contributed by atoms with Crippen LogP contribution in [0.15, 0.2) is 18.2 Å². The van der Waals surface area contributed by atoms with Gasteiger partial charge in [0.05, 0.1) is 29.8 Å². The second kappa shape index (κ2) is 4.14. The van der Waals surface area contributed by atoms with Crippen molar-refractivity contribution in [1.82, 2.24) is 0 Å². The average Bonchev–Trinajstić information content (AvgIpc) is 3.10. The molecule has 1 saturated heterocycles. The first-order chi connectivity index (χ1) is 7.93. The van der Waals surface area contributed by atoms with Crippen LogP contribution >= 0.6 is 11.9 Å². The molecule has 0 aliphatic carbocycles. The van der Waals surface area contributed by atoms with E-state index >= 15 is 0 Å². The van der Waals surface area contributed by atoms with Crippen LogP contribution in [0.2, 0.25) is 0 Å². The fourth-order valence-electron chi connectivity index (χ4n) is 1.36. The molecule has 1 heterocycles. The Kier molecular flexibility index (Phi) is 2.94. The number of halogens is 3. The number of esters is 1. The molecule has 0 amide bonds. The highest BCUT2D eigenvalue weighted by Crippen LogP contribution is 2.41. The molecule has 1 aromatic rings. The number of carbonyl (C=O) groups is 1. The second-order valence-electron chi connectivity index (χ2n) is 3.36. The lowest BCUT2D eigenvalue weighted by molar-refractivity contribution is -0.137. The van der Waals surface area contributed by atoms with Gasteiger partial charge in [-0.3, -0.25) is 0 Å². The Morgan fingerprint density at radius 2 is 2.12 bits per heavy atom. The van der Waals surface area contributed by atoms with Crippen LogP contribution in [-0.4, -0.2) is 19.0 Å². The Morgan fingerprint density at radius 1 is 1.47 bits per heavy atom. The second-order valence-corrected chi connectivity index (χ2v) is 4.32. The number of nitrogens with zero attached hydrogens (tertiary/aromatic N) is 1. The summed E-state index contributed by atoms with van der Waals surface area (Å²) in [6.07, 6.45) is -4.41. The van der Waals surface area contributed by atoms with Gasteiger partial charge in [-0.1, -0.05) is 0 Å². The van der Waals surface area contributed by atoms with Crippen molar-refractivity contribution in [3.05, 3.63) is 29.3 Å². The van der Waals surface area contributed by atoms with Crippen LogP contribution in [0.25, 0.3) is 0 Å². The fraction of sp³-hybridized carbons (Fsp3) is 0.300. The van der Waals surface area contributed by atoms with Crippen LogP contribution in [0.3, 0.4) is 0 Å². The maximum Gasteiger partial charge on any atom is 0.416 e. The lowest BCUT2D eigenvalue weighted by Gasteiger charge is -2.12. The predicted molar refractivity (Wildman–Crippen MR) is 57.7 cm³/mol. The molecule has 2 rings (SSSR count). The fourth-order valence-corrected chi connectivity index (χ4v) is 1.85. The number of benzene rings is 1. The summed E-state index contributed by atoms with van der Waals surface area (Å²) in [4.78, 5) is 11.4. The van der Waals surface area contributed by atoms with E-state index in [-0.39, 0.29) is 11.3 Å². The molecular formula is C10H8F3NO2S. The van der Waals surface area contributed by atoms with E-state index in [1.807, 2.05) is 0 Å². The van der Waals surface area contributed by atoms with Gasteiger partial charge in [-0.25, -0.2) is 4.79 Å². The summed E-state index contributed by atoms with van der Waals surface area (Å²) in [5, 5.41) is 0. The van der Waals surface area contributed by atoms with Crippen molar-refractivity contribution in [2.45, 2.75) is 6.18 Å². The Labute approximate surface area is 99.7 Å². The first-order valence-electron chi connectivity index (χ1n) is 4.63. The van der Waals surface area contributed by atoms with E-state index in [0.29, 0.717) is 5.88 Å². The number of hydrogen-bond donors (Lipinski definition) is 0. The summed E-state index contributed by atoms with van der Waals surface area (Å²) >= 11 is 1.34. The van der Waals surface area contributed by atoms with Crippen LogP contribution < -0.4 is 4.31 Å². The number of carbonyl (C=O) groups excluding carboxylic acids is 1. The third-order valence-corrected chi connectivity index (χ3v) is 2.97. The molecule has 0 saturated carbocycles. The van der Waals surface area contributed by atoms with Gasteiger partial charge in [-0.15, -0.1) is 0 Å². The van der Waals surface area contributed by atoms with Crippen LogP contribution in [0, 0.1) is 0 Å². The van der Waals surface area contributed by atoms with E-state index in [4.69, 9.17) is 0 Å². The Morgan fingerprint density at radius 3 is 2.59 bits per heavy atom. The quantitative estimate of drug-likeness (QED) is 0.466. The van der Waals surface area contributed by atoms with Crippen LogP contribution in [0.5, 0.6) is 0 Å². The summed E-state index contributed by atoms with van der Waals surface area (Å²) < 4.78 is 43.7. The van der Waals surface area contributed by atoms with Crippen molar-refractivity contribution in [2.24, 2.45) is 0 Å². The minimum absolute atomic E-state index is 0.144. The van der Waals surface area contributed by atoms with Gasteiger partial charge in [-0.05, 0) is 30.1 Å². The van der Waals surface area contributed by atoms with Gasteiger partial charge in [0.2, 0.25) is 0 Å². The van der Waals surface area contributed by atoms with E-state index in [1.165, 1.54) is 19.1 Å². The summed E-state index contributed by atoms with van der Waals surface area (Å²) in [5.41, 5.74) is -0.380. The summed E-state index contributed by atoms with van der Waals surface area (Å²) in [6.45, 7) is 0. The molecule has 92 valence electrons. The third kappa shape index (κ3) is 2.49. The van der Waals surface area contributed by atoms with Gasteiger partial charge in [0.1, 0.15) is 0 Å². The number of anilines is 1. The molecule has 0 aromatic heterocycles. The Balaban J connectivity index is 2.45. The van der Waals surface area contributed by atoms with Gasteiger partial charge < -0.3 is 9.04 Å². The zero-order chi connectivity index (χ0) is 12.6. The van der Waals surface area contributed by atoms with Gasteiger partial charge in [0, 0.05) is 0 Å². The zero-order valence-corrected chi connectivity index (χ0v) is 9.56. The summed E-state index contributed by atoms with van der Waals surface area (Å²) in [5.74, 6) is -0.0630. The monoisotopic (exact) mass is 263 g/mol. The van der Waals surface area contributed by atoms with Crippen LogP contribution in [0.1, 0.15) is 15.9 Å². The van der Waals surface area contributed by atoms with Crippen molar-refractivity contribution in [3.63, 3.8) is 0 Å². The van der Waals surface area contributed by atoms with Crippen molar-refractivity contribution < 1.29 is 22.7 Å². The molecule has 0 radical (unpaired) electrons. The maximum absolute atomic E-state index is 12.5. The smallest absolute Gasteiger partial charge is 0.416 e. The number of hydrogen-bond acceptors (Lipinski definition) is 4. The predicted octanol–water partition coefficient (Wildman–Crippen LogP) is 2.92. The molecule has 0 unspecified atom stereocenters. The number of alkyl halides is 3. The number of ether oxygens (including phenoxy) is 1.